The average molecular weight is 409 g/mol. The third-order valence-electron chi connectivity index (χ3n) is 5.74. The van der Waals surface area contributed by atoms with Crippen LogP contribution in [0.1, 0.15) is 42.8 Å². The highest BCUT2D eigenvalue weighted by Gasteiger charge is 2.34. The Kier molecular flexibility index (Phi) is 6.24. The molecule has 1 saturated carbocycles. The molecule has 1 aliphatic rings. The number of nitrogens with one attached hydrogen (secondary N) is 2. The van der Waals surface area contributed by atoms with Crippen LogP contribution in [0.15, 0.2) is 59.2 Å². The summed E-state index contributed by atoms with van der Waals surface area (Å²) in [4.78, 5) is 5.92. The number of rotatable bonds is 6. The van der Waals surface area contributed by atoms with E-state index >= 15 is 0 Å². The van der Waals surface area contributed by atoms with Crippen molar-refractivity contribution in [2.24, 2.45) is 4.99 Å². The van der Waals surface area contributed by atoms with Crippen molar-refractivity contribution in [1.82, 2.24) is 25.4 Å². The number of hydrogen-bond acceptors (Lipinski definition) is 4. The summed E-state index contributed by atoms with van der Waals surface area (Å²) in [6.07, 6.45) is 8.16. The van der Waals surface area contributed by atoms with E-state index in [-0.39, 0.29) is 5.41 Å². The van der Waals surface area contributed by atoms with E-state index in [0.717, 1.165) is 24.0 Å². The first-order chi connectivity index (χ1) is 14.3. The summed E-state index contributed by atoms with van der Waals surface area (Å²) in [5.41, 5.74) is 1.27. The van der Waals surface area contributed by atoms with Crippen molar-refractivity contribution in [3.05, 3.63) is 64.9 Å². The minimum Gasteiger partial charge on any atom is -0.355 e. The zero-order valence-corrected chi connectivity index (χ0v) is 17.7. The quantitative estimate of drug-likeness (QED) is 0.480. The molecule has 0 unspecified atom stereocenters. The average Bonchev–Trinajstić information content (AvgIpc) is 3.48. The number of para-hydroxylation sites is 1. The lowest BCUT2D eigenvalue weighted by atomic mass is 9.73. The highest BCUT2D eigenvalue weighted by molar-refractivity contribution is 7.10. The standard InChI is InChI=1S/C22H28N6S/c1-23-21(24-15-20-27-26-17-28(20)18-9-4-2-5-10-18)25-16-22(12-6-3-7-13-22)19-11-8-14-29-19/h2,4-5,8-11,14,17H,3,6-7,12-13,15-16H2,1H3,(H2,23,24,25). The van der Waals surface area contributed by atoms with Crippen LogP contribution in [0.5, 0.6) is 0 Å². The summed E-state index contributed by atoms with van der Waals surface area (Å²) >= 11 is 1.88. The van der Waals surface area contributed by atoms with Gasteiger partial charge in [-0.15, -0.1) is 21.5 Å². The molecular formula is C22H28N6S. The number of guanidine groups is 1. The van der Waals surface area contributed by atoms with Gasteiger partial charge in [-0.1, -0.05) is 43.5 Å². The summed E-state index contributed by atoms with van der Waals surface area (Å²) < 4.78 is 1.99. The van der Waals surface area contributed by atoms with Gasteiger partial charge in [-0.05, 0) is 36.4 Å². The molecule has 1 fully saturated rings. The molecule has 3 aromatic rings. The third kappa shape index (κ3) is 4.50. The van der Waals surface area contributed by atoms with E-state index in [1.165, 1.54) is 37.0 Å². The van der Waals surface area contributed by atoms with Crippen LogP contribution in [0.25, 0.3) is 5.69 Å². The molecule has 0 saturated heterocycles. The van der Waals surface area contributed by atoms with Gasteiger partial charge in [0.05, 0.1) is 6.54 Å². The molecule has 29 heavy (non-hydrogen) atoms. The summed E-state index contributed by atoms with van der Waals surface area (Å²) in [5, 5.41) is 17.5. The van der Waals surface area contributed by atoms with Crippen LogP contribution >= 0.6 is 11.3 Å². The van der Waals surface area contributed by atoms with E-state index in [2.05, 4.69) is 43.3 Å². The second kappa shape index (κ2) is 9.22. The fourth-order valence-corrected chi connectivity index (χ4v) is 5.13. The highest BCUT2D eigenvalue weighted by Crippen LogP contribution is 2.41. The second-order valence-electron chi connectivity index (χ2n) is 7.55. The van der Waals surface area contributed by atoms with Crippen LogP contribution in [0.3, 0.4) is 0 Å². The van der Waals surface area contributed by atoms with E-state index < -0.39 is 0 Å². The molecule has 0 spiro atoms. The van der Waals surface area contributed by atoms with Crippen LogP contribution in [-0.2, 0) is 12.0 Å². The number of thiophene rings is 1. The molecule has 0 aliphatic heterocycles. The first-order valence-electron chi connectivity index (χ1n) is 10.2. The van der Waals surface area contributed by atoms with E-state index in [0.29, 0.717) is 6.54 Å². The summed E-state index contributed by atoms with van der Waals surface area (Å²) in [5.74, 6) is 1.65. The Hall–Kier alpha value is -2.67. The van der Waals surface area contributed by atoms with E-state index in [1.54, 1.807) is 6.33 Å². The SMILES string of the molecule is CN=C(NCc1nncn1-c1ccccc1)NCC1(c2cccs2)CCCCC1. The Bertz CT molecular complexity index is 910. The van der Waals surface area contributed by atoms with Gasteiger partial charge in [-0.2, -0.15) is 0 Å². The zero-order valence-electron chi connectivity index (χ0n) is 16.8. The van der Waals surface area contributed by atoms with Gasteiger partial charge >= 0.3 is 0 Å². The van der Waals surface area contributed by atoms with Gasteiger partial charge in [0.15, 0.2) is 11.8 Å². The second-order valence-corrected chi connectivity index (χ2v) is 8.50. The van der Waals surface area contributed by atoms with Gasteiger partial charge in [0, 0.05) is 29.6 Å². The first-order valence-corrected chi connectivity index (χ1v) is 11.1. The number of aromatic nitrogens is 3. The van der Waals surface area contributed by atoms with Crippen molar-refractivity contribution < 1.29 is 0 Å². The van der Waals surface area contributed by atoms with Gasteiger partial charge in [0.2, 0.25) is 0 Å². The monoisotopic (exact) mass is 408 g/mol. The van der Waals surface area contributed by atoms with Crippen LogP contribution in [-0.4, -0.2) is 34.3 Å². The van der Waals surface area contributed by atoms with Crippen molar-refractivity contribution in [2.45, 2.75) is 44.1 Å². The fraction of sp³-hybridized carbons (Fsp3) is 0.409. The van der Waals surface area contributed by atoms with Crippen molar-refractivity contribution in [3.63, 3.8) is 0 Å². The van der Waals surface area contributed by atoms with E-state index in [4.69, 9.17) is 0 Å². The molecule has 0 bridgehead atoms. The van der Waals surface area contributed by atoms with Crippen LogP contribution in [0.4, 0.5) is 0 Å². The van der Waals surface area contributed by atoms with Gasteiger partial charge in [0.25, 0.3) is 0 Å². The molecule has 4 rings (SSSR count). The molecule has 152 valence electrons. The minimum atomic E-state index is 0.216. The van der Waals surface area contributed by atoms with Crippen LogP contribution < -0.4 is 10.6 Å². The molecule has 6 nitrogen and oxygen atoms in total. The maximum absolute atomic E-state index is 4.43. The molecule has 0 radical (unpaired) electrons. The topological polar surface area (TPSA) is 67.1 Å². The van der Waals surface area contributed by atoms with Crippen molar-refractivity contribution in [2.75, 3.05) is 13.6 Å². The molecule has 2 heterocycles. The summed E-state index contributed by atoms with van der Waals surface area (Å²) in [6.45, 7) is 1.46. The predicted molar refractivity (Wildman–Crippen MR) is 119 cm³/mol. The summed E-state index contributed by atoms with van der Waals surface area (Å²) in [6, 6.07) is 14.6. The minimum absolute atomic E-state index is 0.216. The van der Waals surface area contributed by atoms with Gasteiger partial charge in [0.1, 0.15) is 6.33 Å². The molecule has 2 N–H and O–H groups in total. The number of nitrogens with zero attached hydrogens (tertiary/aromatic N) is 4. The fourth-order valence-electron chi connectivity index (χ4n) is 4.14. The Morgan fingerprint density at radius 1 is 1.10 bits per heavy atom. The molecule has 7 heteroatoms. The lowest BCUT2D eigenvalue weighted by Gasteiger charge is -2.37. The van der Waals surface area contributed by atoms with Gasteiger partial charge in [-0.25, -0.2) is 0 Å². The molecular weight excluding hydrogens is 380 g/mol. The van der Waals surface area contributed by atoms with Crippen LogP contribution in [0.2, 0.25) is 0 Å². The highest BCUT2D eigenvalue weighted by atomic mass is 32.1. The molecule has 0 amide bonds. The number of aliphatic imine (C=N–C) groups is 1. The number of hydrogen-bond donors (Lipinski definition) is 2. The Labute approximate surface area is 176 Å². The predicted octanol–water partition coefficient (Wildman–Crippen LogP) is 3.90. The molecule has 1 aliphatic carbocycles. The maximum atomic E-state index is 4.43. The first kappa shape index (κ1) is 19.6. The zero-order chi connectivity index (χ0) is 19.9. The van der Waals surface area contributed by atoms with Crippen molar-refractivity contribution in [3.8, 4) is 5.69 Å². The normalized spacial score (nSPS) is 16.5. The molecule has 1 aromatic carbocycles. The van der Waals surface area contributed by atoms with E-state index in [9.17, 15) is 0 Å². The lowest BCUT2D eigenvalue weighted by Crippen LogP contribution is -2.46. The largest absolute Gasteiger partial charge is 0.355 e. The number of benzene rings is 1. The van der Waals surface area contributed by atoms with Gasteiger partial charge < -0.3 is 10.6 Å². The third-order valence-corrected chi connectivity index (χ3v) is 6.86. The Morgan fingerprint density at radius 3 is 2.66 bits per heavy atom. The Morgan fingerprint density at radius 2 is 1.93 bits per heavy atom. The van der Waals surface area contributed by atoms with Gasteiger partial charge in [-0.3, -0.25) is 9.56 Å². The molecule has 0 atom stereocenters. The van der Waals surface area contributed by atoms with E-state index in [1.807, 2.05) is 53.3 Å². The molecule has 2 aromatic heterocycles. The van der Waals surface area contributed by atoms with Crippen molar-refractivity contribution in [1.29, 1.82) is 0 Å². The Balaban J connectivity index is 1.40. The summed E-state index contributed by atoms with van der Waals surface area (Å²) in [7, 11) is 1.82. The van der Waals surface area contributed by atoms with Crippen molar-refractivity contribution >= 4 is 17.3 Å². The van der Waals surface area contributed by atoms with Crippen LogP contribution in [0, 0.1) is 0 Å². The lowest BCUT2D eigenvalue weighted by molar-refractivity contribution is 0.296. The smallest absolute Gasteiger partial charge is 0.191 e. The maximum Gasteiger partial charge on any atom is 0.191 e.